The molecular weight excluding hydrogens is 308 g/mol. The number of rotatable bonds is 6. The van der Waals surface area contributed by atoms with E-state index in [2.05, 4.69) is 22.5 Å². The highest BCUT2D eigenvalue weighted by molar-refractivity contribution is 7.99. The average Bonchev–Trinajstić information content (AvgIpc) is 2.97. The van der Waals surface area contributed by atoms with Crippen LogP contribution in [0.5, 0.6) is 5.75 Å². The van der Waals surface area contributed by atoms with Crippen molar-refractivity contribution in [2.24, 2.45) is 0 Å². The van der Waals surface area contributed by atoms with E-state index < -0.39 is 0 Å². The highest BCUT2D eigenvalue weighted by atomic mass is 32.2. The molecule has 0 spiro atoms. The lowest BCUT2D eigenvalue weighted by Gasteiger charge is -2.08. The molecule has 2 aromatic carbocycles. The summed E-state index contributed by atoms with van der Waals surface area (Å²) in [5.74, 6) is 0.994. The van der Waals surface area contributed by atoms with E-state index in [1.165, 1.54) is 11.8 Å². The molecule has 0 amide bonds. The fraction of sp³-hybridized carbons (Fsp3) is 0.222. The van der Waals surface area contributed by atoms with Crippen LogP contribution >= 0.6 is 11.8 Å². The third-order valence-electron chi connectivity index (χ3n) is 3.68. The van der Waals surface area contributed by atoms with Crippen LogP contribution in [0.25, 0.3) is 11.0 Å². The molecule has 0 atom stereocenters. The molecule has 3 rings (SSSR count). The third kappa shape index (κ3) is 3.10. The van der Waals surface area contributed by atoms with Crippen molar-refractivity contribution in [3.63, 3.8) is 0 Å². The molecule has 0 aliphatic heterocycles. The lowest BCUT2D eigenvalue weighted by molar-refractivity contribution is 0.101. The van der Waals surface area contributed by atoms with Crippen molar-refractivity contribution in [1.29, 1.82) is 0 Å². The van der Waals surface area contributed by atoms with Gasteiger partial charge in [-0.05, 0) is 31.2 Å². The van der Waals surface area contributed by atoms with Gasteiger partial charge in [-0.2, -0.15) is 0 Å². The smallest absolute Gasteiger partial charge is 0.176 e. The summed E-state index contributed by atoms with van der Waals surface area (Å²) in [6.45, 7) is 2.91. The number of benzene rings is 2. The van der Waals surface area contributed by atoms with Crippen molar-refractivity contribution >= 4 is 28.6 Å². The molecule has 0 radical (unpaired) electrons. The van der Waals surface area contributed by atoms with Gasteiger partial charge in [-0.3, -0.25) is 4.79 Å². The van der Waals surface area contributed by atoms with E-state index in [1.54, 1.807) is 19.2 Å². The van der Waals surface area contributed by atoms with Crippen molar-refractivity contribution in [2.45, 2.75) is 18.6 Å². The number of hydrogen-bond acceptors (Lipinski definition) is 4. The quantitative estimate of drug-likeness (QED) is 0.506. The van der Waals surface area contributed by atoms with Gasteiger partial charge in [0, 0.05) is 6.54 Å². The maximum absolute atomic E-state index is 12.5. The Kier molecular flexibility index (Phi) is 4.67. The molecule has 1 heterocycles. The van der Waals surface area contributed by atoms with Crippen LogP contribution in [0, 0.1) is 0 Å². The minimum Gasteiger partial charge on any atom is -0.496 e. The molecule has 0 aliphatic carbocycles. The van der Waals surface area contributed by atoms with Crippen LogP contribution < -0.4 is 4.74 Å². The third-order valence-corrected chi connectivity index (χ3v) is 4.65. The largest absolute Gasteiger partial charge is 0.496 e. The lowest BCUT2D eigenvalue weighted by atomic mass is 10.1. The Labute approximate surface area is 139 Å². The fourth-order valence-electron chi connectivity index (χ4n) is 2.55. The number of para-hydroxylation sites is 3. The molecule has 118 valence electrons. The number of hydrogen-bond donors (Lipinski definition) is 0. The second kappa shape index (κ2) is 6.87. The van der Waals surface area contributed by atoms with Crippen LogP contribution in [-0.2, 0) is 6.54 Å². The van der Waals surface area contributed by atoms with Gasteiger partial charge in [0.05, 0.1) is 29.5 Å². The molecule has 0 N–H and O–H groups in total. The van der Waals surface area contributed by atoms with Gasteiger partial charge >= 0.3 is 0 Å². The maximum atomic E-state index is 12.5. The number of ether oxygens (including phenoxy) is 1. The number of methoxy groups -OCH3 is 1. The second-order valence-corrected chi connectivity index (χ2v) is 5.98. The molecule has 1 aromatic heterocycles. The molecule has 0 unspecified atom stereocenters. The summed E-state index contributed by atoms with van der Waals surface area (Å²) in [5.41, 5.74) is 2.67. The van der Waals surface area contributed by atoms with Crippen molar-refractivity contribution < 1.29 is 9.53 Å². The first-order valence-electron chi connectivity index (χ1n) is 7.49. The first kappa shape index (κ1) is 15.6. The molecule has 0 saturated heterocycles. The van der Waals surface area contributed by atoms with Crippen molar-refractivity contribution in [3.05, 3.63) is 54.1 Å². The Hall–Kier alpha value is -2.27. The molecule has 5 heteroatoms. The number of ketones is 1. The van der Waals surface area contributed by atoms with E-state index in [4.69, 9.17) is 4.74 Å². The van der Waals surface area contributed by atoms with Gasteiger partial charge in [0.1, 0.15) is 5.75 Å². The van der Waals surface area contributed by atoms with Gasteiger partial charge in [-0.1, -0.05) is 36.0 Å². The molecule has 0 bridgehead atoms. The van der Waals surface area contributed by atoms with E-state index in [0.717, 1.165) is 22.7 Å². The van der Waals surface area contributed by atoms with E-state index in [0.29, 0.717) is 17.1 Å². The van der Waals surface area contributed by atoms with E-state index in [9.17, 15) is 4.79 Å². The van der Waals surface area contributed by atoms with Crippen LogP contribution in [0.15, 0.2) is 53.7 Å². The van der Waals surface area contributed by atoms with Gasteiger partial charge in [-0.15, -0.1) is 0 Å². The van der Waals surface area contributed by atoms with Gasteiger partial charge in [-0.25, -0.2) is 4.98 Å². The monoisotopic (exact) mass is 326 g/mol. The van der Waals surface area contributed by atoms with E-state index in [-0.39, 0.29) is 5.78 Å². The summed E-state index contributed by atoms with van der Waals surface area (Å²) >= 11 is 1.47. The Morgan fingerprint density at radius 3 is 2.70 bits per heavy atom. The minimum atomic E-state index is 0.0437. The van der Waals surface area contributed by atoms with Gasteiger partial charge in [0.2, 0.25) is 0 Å². The van der Waals surface area contributed by atoms with Crippen LogP contribution in [0.4, 0.5) is 0 Å². The Morgan fingerprint density at radius 2 is 1.91 bits per heavy atom. The SMILES string of the molecule is CCn1c(SCC(=O)c2ccccc2OC)nc2ccccc21. The molecule has 0 fully saturated rings. The second-order valence-electron chi connectivity index (χ2n) is 5.04. The minimum absolute atomic E-state index is 0.0437. The topological polar surface area (TPSA) is 44.1 Å². The average molecular weight is 326 g/mol. The van der Waals surface area contributed by atoms with Crippen molar-refractivity contribution in [3.8, 4) is 5.75 Å². The molecule has 0 saturated carbocycles. The molecule has 4 nitrogen and oxygen atoms in total. The first-order chi connectivity index (χ1) is 11.2. The zero-order valence-electron chi connectivity index (χ0n) is 13.2. The van der Waals surface area contributed by atoms with Gasteiger partial charge in [0.15, 0.2) is 10.9 Å². The van der Waals surface area contributed by atoms with Crippen LogP contribution in [0.3, 0.4) is 0 Å². The highest BCUT2D eigenvalue weighted by Crippen LogP contribution is 2.26. The number of carbonyl (C=O) groups is 1. The number of aryl methyl sites for hydroxylation is 1. The highest BCUT2D eigenvalue weighted by Gasteiger charge is 2.15. The van der Waals surface area contributed by atoms with Gasteiger partial charge in [0.25, 0.3) is 0 Å². The van der Waals surface area contributed by atoms with Crippen LogP contribution in [0.2, 0.25) is 0 Å². The lowest BCUT2D eigenvalue weighted by Crippen LogP contribution is -2.06. The number of fused-ring (bicyclic) bond motifs is 1. The maximum Gasteiger partial charge on any atom is 0.176 e. The molecule has 23 heavy (non-hydrogen) atoms. The standard InChI is InChI=1S/C18H18N2O2S/c1-3-20-15-10-6-5-9-14(15)19-18(20)23-12-16(21)13-8-4-7-11-17(13)22-2/h4-11H,3,12H2,1-2H3. The predicted octanol–water partition coefficient (Wildman–Crippen LogP) is 4.04. The van der Waals surface area contributed by atoms with Gasteiger partial charge < -0.3 is 9.30 Å². The Morgan fingerprint density at radius 1 is 1.17 bits per heavy atom. The van der Waals surface area contributed by atoms with Crippen molar-refractivity contribution in [1.82, 2.24) is 9.55 Å². The summed E-state index contributed by atoms with van der Waals surface area (Å²) in [6.07, 6.45) is 0. The zero-order valence-corrected chi connectivity index (χ0v) is 14.0. The number of carbonyl (C=O) groups excluding carboxylic acids is 1. The fourth-order valence-corrected chi connectivity index (χ4v) is 3.51. The zero-order chi connectivity index (χ0) is 16.2. The van der Waals surface area contributed by atoms with Crippen LogP contribution in [-0.4, -0.2) is 28.2 Å². The van der Waals surface area contributed by atoms with E-state index in [1.807, 2.05) is 30.3 Å². The number of imidazole rings is 1. The first-order valence-corrected chi connectivity index (χ1v) is 8.47. The summed E-state index contributed by atoms with van der Waals surface area (Å²) in [7, 11) is 1.58. The summed E-state index contributed by atoms with van der Waals surface area (Å²) in [6, 6.07) is 15.3. The van der Waals surface area contributed by atoms with Crippen molar-refractivity contribution in [2.75, 3.05) is 12.9 Å². The number of thioether (sulfide) groups is 1. The molecule has 3 aromatic rings. The van der Waals surface area contributed by atoms with E-state index >= 15 is 0 Å². The van der Waals surface area contributed by atoms with Crippen LogP contribution in [0.1, 0.15) is 17.3 Å². The number of aromatic nitrogens is 2. The summed E-state index contributed by atoms with van der Waals surface area (Å²) < 4.78 is 7.39. The molecular formula is C18H18N2O2S. The Bertz CT molecular complexity index is 842. The number of nitrogens with zero attached hydrogens (tertiary/aromatic N) is 2. The summed E-state index contributed by atoms with van der Waals surface area (Å²) in [4.78, 5) is 17.1. The number of Topliss-reactive ketones (excluding diaryl/α,β-unsaturated/α-hetero) is 1. The normalized spacial score (nSPS) is 10.9. The Balaban J connectivity index is 1.82. The molecule has 0 aliphatic rings. The predicted molar refractivity (Wildman–Crippen MR) is 93.5 cm³/mol. The summed E-state index contributed by atoms with van der Waals surface area (Å²) in [5, 5.41) is 0.872.